The summed E-state index contributed by atoms with van der Waals surface area (Å²) in [7, 11) is -2.11. The average molecular weight is 453 g/mol. The molecule has 32 heavy (non-hydrogen) atoms. The first-order valence-electron chi connectivity index (χ1n) is 10.2. The number of para-hydroxylation sites is 1. The Labute approximate surface area is 187 Å². The number of fused-ring (bicyclic) bond motifs is 1. The van der Waals surface area contributed by atoms with E-state index < -0.39 is 10.0 Å². The predicted octanol–water partition coefficient (Wildman–Crippen LogP) is 3.85. The molecule has 0 unspecified atom stereocenters. The molecular formula is C24H24N2O5S. The molecule has 0 atom stereocenters. The van der Waals surface area contributed by atoms with Crippen LogP contribution in [0.5, 0.6) is 11.5 Å². The minimum Gasteiger partial charge on any atom is -0.497 e. The Hall–Kier alpha value is -3.52. The summed E-state index contributed by atoms with van der Waals surface area (Å²) in [6.45, 7) is 0.251. The lowest BCUT2D eigenvalue weighted by molar-refractivity contribution is -0.118. The first-order valence-corrected chi connectivity index (χ1v) is 11.7. The van der Waals surface area contributed by atoms with Gasteiger partial charge in [-0.05, 0) is 73.0 Å². The molecule has 0 bridgehead atoms. The molecule has 3 aromatic rings. The second kappa shape index (κ2) is 9.32. The number of carbonyl (C=O) groups excluding carboxylic acids is 1. The molecule has 1 amide bonds. The minimum atomic E-state index is -3.68. The molecule has 8 heteroatoms. The predicted molar refractivity (Wildman–Crippen MR) is 123 cm³/mol. The number of methoxy groups -OCH3 is 1. The van der Waals surface area contributed by atoms with Crippen LogP contribution in [0, 0.1) is 0 Å². The topological polar surface area (TPSA) is 84.9 Å². The molecule has 7 nitrogen and oxygen atoms in total. The van der Waals surface area contributed by atoms with E-state index in [1.165, 1.54) is 16.4 Å². The third kappa shape index (κ3) is 4.70. The van der Waals surface area contributed by atoms with Gasteiger partial charge in [-0.25, -0.2) is 8.42 Å². The van der Waals surface area contributed by atoms with Gasteiger partial charge in [0.05, 0.1) is 17.7 Å². The van der Waals surface area contributed by atoms with Gasteiger partial charge in [0.15, 0.2) is 6.61 Å². The Morgan fingerprint density at radius 3 is 2.38 bits per heavy atom. The SMILES string of the molecule is COc1ccc(NC(=O)COc2ccc(S(=O)(=O)N3CCCc4ccccc43)cc2)cc1. The fraction of sp³-hybridized carbons (Fsp3) is 0.208. The lowest BCUT2D eigenvalue weighted by atomic mass is 10.0. The summed E-state index contributed by atoms with van der Waals surface area (Å²) in [6.07, 6.45) is 1.65. The highest BCUT2D eigenvalue weighted by Gasteiger charge is 2.28. The molecular weight excluding hydrogens is 428 g/mol. The molecule has 4 rings (SSSR count). The van der Waals surface area contributed by atoms with E-state index in [1.807, 2.05) is 24.3 Å². The van der Waals surface area contributed by atoms with Crippen LogP contribution in [0.2, 0.25) is 0 Å². The lowest BCUT2D eigenvalue weighted by Crippen LogP contribution is -2.35. The van der Waals surface area contributed by atoms with Crippen molar-refractivity contribution < 1.29 is 22.7 Å². The molecule has 1 aliphatic rings. The normalized spacial score (nSPS) is 13.2. The van der Waals surface area contributed by atoms with Gasteiger partial charge in [-0.15, -0.1) is 0 Å². The van der Waals surface area contributed by atoms with Crippen molar-refractivity contribution >= 4 is 27.3 Å². The van der Waals surface area contributed by atoms with Gasteiger partial charge >= 0.3 is 0 Å². The number of nitrogens with zero attached hydrogens (tertiary/aromatic N) is 1. The van der Waals surface area contributed by atoms with E-state index in [-0.39, 0.29) is 17.4 Å². The Morgan fingerprint density at radius 2 is 1.66 bits per heavy atom. The van der Waals surface area contributed by atoms with E-state index in [9.17, 15) is 13.2 Å². The molecule has 0 saturated heterocycles. The van der Waals surface area contributed by atoms with Crippen LogP contribution in [0.25, 0.3) is 0 Å². The standard InChI is InChI=1S/C24H24N2O5S/c1-30-20-10-8-19(9-11-20)25-24(27)17-31-21-12-14-22(15-13-21)32(28,29)26-16-4-6-18-5-2-3-7-23(18)26/h2-3,5,7-15H,4,6,16-17H2,1H3,(H,25,27). The van der Waals surface area contributed by atoms with Crippen LogP contribution >= 0.6 is 0 Å². The molecule has 166 valence electrons. The molecule has 0 radical (unpaired) electrons. The van der Waals surface area contributed by atoms with E-state index in [0.717, 1.165) is 24.1 Å². The van der Waals surface area contributed by atoms with Gasteiger partial charge in [-0.1, -0.05) is 18.2 Å². The largest absolute Gasteiger partial charge is 0.497 e. The highest BCUT2D eigenvalue weighted by Crippen LogP contribution is 2.32. The summed E-state index contributed by atoms with van der Waals surface area (Å²) in [6, 6.07) is 20.7. The van der Waals surface area contributed by atoms with Gasteiger partial charge in [0.1, 0.15) is 11.5 Å². The van der Waals surface area contributed by atoms with Gasteiger partial charge in [0, 0.05) is 12.2 Å². The summed E-state index contributed by atoms with van der Waals surface area (Å²) in [4.78, 5) is 12.3. The molecule has 0 aromatic heterocycles. The van der Waals surface area contributed by atoms with Crippen LogP contribution in [0.4, 0.5) is 11.4 Å². The number of hydrogen-bond donors (Lipinski definition) is 1. The molecule has 0 saturated carbocycles. The fourth-order valence-corrected chi connectivity index (χ4v) is 5.15. The first-order chi connectivity index (χ1) is 15.5. The van der Waals surface area contributed by atoms with Crippen molar-refractivity contribution in [2.45, 2.75) is 17.7 Å². The van der Waals surface area contributed by atoms with Crippen molar-refractivity contribution in [1.82, 2.24) is 0 Å². The van der Waals surface area contributed by atoms with E-state index in [4.69, 9.17) is 9.47 Å². The molecule has 0 fully saturated rings. The number of amides is 1. The van der Waals surface area contributed by atoms with Crippen LogP contribution in [0.1, 0.15) is 12.0 Å². The summed E-state index contributed by atoms with van der Waals surface area (Å²) in [5.41, 5.74) is 2.39. The second-order valence-electron chi connectivity index (χ2n) is 7.35. The third-order valence-electron chi connectivity index (χ3n) is 5.22. The van der Waals surface area contributed by atoms with Crippen LogP contribution in [-0.2, 0) is 21.2 Å². The Morgan fingerprint density at radius 1 is 0.969 bits per heavy atom. The van der Waals surface area contributed by atoms with Crippen molar-refractivity contribution in [3.8, 4) is 11.5 Å². The number of rotatable bonds is 7. The number of aryl methyl sites for hydroxylation is 1. The third-order valence-corrected chi connectivity index (χ3v) is 7.05. The maximum Gasteiger partial charge on any atom is 0.264 e. The first kappa shape index (κ1) is 21.7. The van der Waals surface area contributed by atoms with E-state index in [0.29, 0.717) is 23.7 Å². The quantitative estimate of drug-likeness (QED) is 0.589. The number of ether oxygens (including phenoxy) is 2. The number of hydrogen-bond acceptors (Lipinski definition) is 5. The molecule has 0 spiro atoms. The zero-order chi connectivity index (χ0) is 22.6. The minimum absolute atomic E-state index is 0.184. The Bertz CT molecular complexity index is 1190. The van der Waals surface area contributed by atoms with Crippen molar-refractivity contribution in [2.75, 3.05) is 29.9 Å². The average Bonchev–Trinajstić information content (AvgIpc) is 2.83. The molecule has 0 aliphatic carbocycles. The molecule has 3 aromatic carbocycles. The fourth-order valence-electron chi connectivity index (χ4n) is 3.60. The Kier molecular flexibility index (Phi) is 6.32. The summed E-state index contributed by atoms with van der Waals surface area (Å²) in [5, 5.41) is 2.73. The highest BCUT2D eigenvalue weighted by molar-refractivity contribution is 7.92. The van der Waals surface area contributed by atoms with Crippen molar-refractivity contribution in [3.05, 3.63) is 78.4 Å². The van der Waals surface area contributed by atoms with Crippen LogP contribution in [0.3, 0.4) is 0 Å². The zero-order valence-electron chi connectivity index (χ0n) is 17.7. The highest BCUT2D eigenvalue weighted by atomic mass is 32.2. The van der Waals surface area contributed by atoms with Crippen LogP contribution in [0.15, 0.2) is 77.7 Å². The Balaban J connectivity index is 1.39. The van der Waals surface area contributed by atoms with Gasteiger partial charge in [0.2, 0.25) is 0 Å². The molecule has 1 heterocycles. The summed E-state index contributed by atoms with van der Waals surface area (Å²) in [5.74, 6) is 0.784. The second-order valence-corrected chi connectivity index (χ2v) is 9.21. The number of sulfonamides is 1. The van der Waals surface area contributed by atoms with Crippen molar-refractivity contribution in [2.24, 2.45) is 0 Å². The van der Waals surface area contributed by atoms with Crippen LogP contribution in [-0.4, -0.2) is 34.6 Å². The number of benzene rings is 3. The van der Waals surface area contributed by atoms with Crippen LogP contribution < -0.4 is 19.1 Å². The maximum atomic E-state index is 13.2. The zero-order valence-corrected chi connectivity index (χ0v) is 18.5. The smallest absolute Gasteiger partial charge is 0.264 e. The van der Waals surface area contributed by atoms with Gasteiger partial charge in [-0.3, -0.25) is 9.10 Å². The van der Waals surface area contributed by atoms with Gasteiger partial charge in [0.25, 0.3) is 15.9 Å². The number of nitrogens with one attached hydrogen (secondary N) is 1. The maximum absolute atomic E-state index is 13.2. The van der Waals surface area contributed by atoms with Crippen molar-refractivity contribution in [1.29, 1.82) is 0 Å². The van der Waals surface area contributed by atoms with Crippen molar-refractivity contribution in [3.63, 3.8) is 0 Å². The summed E-state index contributed by atoms with van der Waals surface area (Å²) >= 11 is 0. The van der Waals surface area contributed by atoms with E-state index in [2.05, 4.69) is 5.32 Å². The monoisotopic (exact) mass is 452 g/mol. The van der Waals surface area contributed by atoms with E-state index in [1.54, 1.807) is 43.5 Å². The lowest BCUT2D eigenvalue weighted by Gasteiger charge is -2.30. The number of carbonyl (C=O) groups is 1. The molecule has 1 N–H and O–H groups in total. The van der Waals surface area contributed by atoms with E-state index >= 15 is 0 Å². The molecule has 1 aliphatic heterocycles. The van der Waals surface area contributed by atoms with Gasteiger partial charge < -0.3 is 14.8 Å². The summed E-state index contributed by atoms with van der Waals surface area (Å²) < 4.78 is 38.4. The van der Waals surface area contributed by atoms with Gasteiger partial charge in [-0.2, -0.15) is 0 Å². The number of anilines is 2.